The van der Waals surface area contributed by atoms with Gasteiger partial charge in [0.15, 0.2) is 29.1 Å². The Morgan fingerprint density at radius 2 is 1.95 bits per heavy atom. The topological polar surface area (TPSA) is 122 Å². The lowest BCUT2D eigenvalue weighted by atomic mass is 10.1. The van der Waals surface area contributed by atoms with Crippen LogP contribution in [0.5, 0.6) is 17.4 Å². The van der Waals surface area contributed by atoms with Crippen LogP contribution in [0.25, 0.3) is 0 Å². The zero-order chi connectivity index (χ0) is 26.7. The first-order chi connectivity index (χ1) is 17.7. The third kappa shape index (κ3) is 6.08. The van der Waals surface area contributed by atoms with Crippen LogP contribution in [0.3, 0.4) is 0 Å². The maximum atomic E-state index is 13.2. The fraction of sp³-hybridized carbons (Fsp3) is 0.400. The van der Waals surface area contributed by atoms with E-state index in [-0.39, 0.29) is 34.5 Å². The van der Waals surface area contributed by atoms with E-state index >= 15 is 0 Å². The van der Waals surface area contributed by atoms with Gasteiger partial charge in [0.25, 0.3) is 0 Å². The van der Waals surface area contributed by atoms with Crippen molar-refractivity contribution in [2.24, 2.45) is 11.7 Å². The second-order valence-corrected chi connectivity index (χ2v) is 8.66. The molecule has 37 heavy (non-hydrogen) atoms. The number of alkyl halides is 2. The van der Waals surface area contributed by atoms with Crippen molar-refractivity contribution >= 4 is 11.9 Å². The minimum Gasteiger partial charge on any atom is -0.489 e. The van der Waals surface area contributed by atoms with E-state index in [4.69, 9.17) is 19.9 Å². The van der Waals surface area contributed by atoms with E-state index in [9.17, 15) is 18.4 Å². The molecule has 2 heterocycles. The highest BCUT2D eigenvalue weighted by Crippen LogP contribution is 2.41. The Balaban J connectivity index is 1.58. The molecule has 12 heteroatoms. The van der Waals surface area contributed by atoms with Gasteiger partial charge in [0.2, 0.25) is 5.88 Å². The first-order valence-corrected chi connectivity index (χ1v) is 11.6. The molecule has 2 atom stereocenters. The molecule has 0 bridgehead atoms. The second kappa shape index (κ2) is 11.0. The molecule has 2 aliphatic rings. The quantitative estimate of drug-likeness (QED) is 0.468. The Morgan fingerprint density at radius 3 is 2.59 bits per heavy atom. The summed E-state index contributed by atoms with van der Waals surface area (Å²) in [5.74, 6) is -1.03. The predicted octanol–water partition coefficient (Wildman–Crippen LogP) is 3.38. The molecule has 198 valence electrons. The van der Waals surface area contributed by atoms with Crippen LogP contribution in [0.4, 0.5) is 8.78 Å². The molecule has 1 aromatic carbocycles. The Bertz CT molecular complexity index is 1200. The van der Waals surface area contributed by atoms with Gasteiger partial charge in [-0.05, 0) is 49.9 Å². The van der Waals surface area contributed by atoms with Crippen LogP contribution in [-0.4, -0.2) is 55.2 Å². The maximum Gasteiger partial charge on any atom is 0.387 e. The van der Waals surface area contributed by atoms with E-state index in [1.54, 1.807) is 14.0 Å². The summed E-state index contributed by atoms with van der Waals surface area (Å²) in [6, 6.07) is 8.08. The number of benzene rings is 1. The highest BCUT2D eigenvalue weighted by Gasteiger charge is 2.39. The van der Waals surface area contributed by atoms with Gasteiger partial charge in [-0.25, -0.2) is 14.6 Å². The number of halogens is 2. The maximum absolute atomic E-state index is 13.2. The number of aromatic nitrogens is 1. The standard InChI is InChI=1S/C25H27F2N3O7/c1-13(28)21-20(24(32)36-19-6-4-5-16(29-19)23(31)33-3)30(2)22(37-21)15-9-10-17(35-25(26)27)18(11-15)34-12-14-7-8-14/h4-6,9-11,13-14,22,25H,7-8,12,28H2,1-3H3/t13-,22-/m0/s1. The summed E-state index contributed by atoms with van der Waals surface area (Å²) in [6.07, 6.45) is 1.20. The molecular weight excluding hydrogens is 492 g/mol. The molecule has 0 spiro atoms. The van der Waals surface area contributed by atoms with E-state index in [1.165, 1.54) is 48.4 Å². The number of hydrogen-bond donors (Lipinski definition) is 1. The van der Waals surface area contributed by atoms with Crippen LogP contribution in [0.15, 0.2) is 47.9 Å². The number of ether oxygens (including phenoxy) is 5. The van der Waals surface area contributed by atoms with E-state index in [2.05, 4.69) is 14.5 Å². The molecule has 10 nitrogen and oxygen atoms in total. The molecule has 2 N–H and O–H groups in total. The largest absolute Gasteiger partial charge is 0.489 e. The lowest BCUT2D eigenvalue weighted by Gasteiger charge is -2.24. The zero-order valence-electron chi connectivity index (χ0n) is 20.5. The lowest BCUT2D eigenvalue weighted by Crippen LogP contribution is -2.28. The van der Waals surface area contributed by atoms with Crippen molar-refractivity contribution < 1.29 is 42.1 Å². The summed E-state index contributed by atoms with van der Waals surface area (Å²) in [5.41, 5.74) is 6.60. The third-order valence-corrected chi connectivity index (χ3v) is 5.74. The number of nitrogens with zero attached hydrogens (tertiary/aromatic N) is 2. The molecule has 2 aromatic rings. The SMILES string of the molecule is COC(=O)c1cccc(OC(=O)C2=C([C@H](C)N)O[C@@H](c3ccc(OC(F)F)c(OCC4CC4)c3)N2C)n1. The molecule has 0 unspecified atom stereocenters. The first kappa shape index (κ1) is 26.1. The van der Waals surface area contributed by atoms with Gasteiger partial charge in [0, 0.05) is 18.7 Å². The highest BCUT2D eigenvalue weighted by atomic mass is 19.3. The molecule has 0 radical (unpaired) electrons. The minimum absolute atomic E-state index is 0.0343. The predicted molar refractivity (Wildman–Crippen MR) is 125 cm³/mol. The summed E-state index contributed by atoms with van der Waals surface area (Å²) < 4.78 is 52.3. The fourth-order valence-corrected chi connectivity index (χ4v) is 3.72. The number of nitrogens with two attached hydrogens (primary N) is 1. The summed E-state index contributed by atoms with van der Waals surface area (Å²) in [4.78, 5) is 30.4. The Morgan fingerprint density at radius 1 is 1.19 bits per heavy atom. The number of rotatable bonds is 10. The van der Waals surface area contributed by atoms with Crippen molar-refractivity contribution in [3.63, 3.8) is 0 Å². The van der Waals surface area contributed by atoms with Crippen LogP contribution < -0.4 is 19.9 Å². The van der Waals surface area contributed by atoms with Crippen LogP contribution in [0.1, 0.15) is 42.0 Å². The van der Waals surface area contributed by atoms with Gasteiger partial charge in [0.05, 0.1) is 19.8 Å². The van der Waals surface area contributed by atoms with Crippen molar-refractivity contribution in [3.05, 3.63) is 59.1 Å². The number of pyridine rings is 1. The van der Waals surface area contributed by atoms with Gasteiger partial charge < -0.3 is 34.3 Å². The highest BCUT2D eigenvalue weighted by molar-refractivity contribution is 5.91. The van der Waals surface area contributed by atoms with Crippen molar-refractivity contribution in [3.8, 4) is 17.4 Å². The van der Waals surface area contributed by atoms with Gasteiger partial charge in [-0.3, -0.25) is 0 Å². The minimum atomic E-state index is -3.02. The summed E-state index contributed by atoms with van der Waals surface area (Å²) in [7, 11) is 2.81. The van der Waals surface area contributed by atoms with Gasteiger partial charge in [-0.15, -0.1) is 0 Å². The smallest absolute Gasteiger partial charge is 0.387 e. The number of likely N-dealkylation sites (N-methyl/N-ethyl adjacent to an activating group) is 1. The Hall–Kier alpha value is -3.93. The van der Waals surface area contributed by atoms with Crippen LogP contribution in [0.2, 0.25) is 0 Å². The van der Waals surface area contributed by atoms with Crippen molar-refractivity contribution in [1.82, 2.24) is 9.88 Å². The summed E-state index contributed by atoms with van der Waals surface area (Å²) in [5, 5.41) is 0. The normalized spacial score (nSPS) is 17.9. The van der Waals surface area contributed by atoms with Crippen molar-refractivity contribution in [2.45, 2.75) is 38.6 Å². The number of hydrogen-bond acceptors (Lipinski definition) is 10. The first-order valence-electron chi connectivity index (χ1n) is 11.6. The zero-order valence-corrected chi connectivity index (χ0v) is 20.5. The van der Waals surface area contributed by atoms with E-state index in [1.807, 2.05) is 0 Å². The lowest BCUT2D eigenvalue weighted by molar-refractivity contribution is -0.132. The van der Waals surface area contributed by atoms with E-state index in [0.717, 1.165) is 12.8 Å². The molecular formula is C25H27F2N3O7. The van der Waals surface area contributed by atoms with Crippen LogP contribution in [0, 0.1) is 5.92 Å². The van der Waals surface area contributed by atoms with Crippen LogP contribution in [-0.2, 0) is 14.3 Å². The second-order valence-electron chi connectivity index (χ2n) is 8.66. The average Bonchev–Trinajstić information content (AvgIpc) is 3.63. The third-order valence-electron chi connectivity index (χ3n) is 5.74. The molecule has 1 saturated carbocycles. The van der Waals surface area contributed by atoms with Gasteiger partial charge in [0.1, 0.15) is 5.76 Å². The average molecular weight is 520 g/mol. The summed E-state index contributed by atoms with van der Waals surface area (Å²) >= 11 is 0. The van der Waals surface area contributed by atoms with Crippen molar-refractivity contribution in [1.29, 1.82) is 0 Å². The van der Waals surface area contributed by atoms with E-state index in [0.29, 0.717) is 18.1 Å². The molecule has 1 aliphatic heterocycles. The monoisotopic (exact) mass is 519 g/mol. The Labute approximate surface area is 211 Å². The van der Waals surface area contributed by atoms with Gasteiger partial charge in [-0.1, -0.05) is 6.07 Å². The molecule has 1 aromatic heterocycles. The fourth-order valence-electron chi connectivity index (χ4n) is 3.72. The summed E-state index contributed by atoms with van der Waals surface area (Å²) in [6.45, 7) is -1.000. The van der Waals surface area contributed by atoms with E-state index < -0.39 is 30.8 Å². The van der Waals surface area contributed by atoms with Gasteiger partial charge >= 0.3 is 18.6 Å². The molecule has 0 saturated heterocycles. The van der Waals surface area contributed by atoms with Gasteiger partial charge in [-0.2, -0.15) is 8.78 Å². The molecule has 4 rings (SSSR count). The number of methoxy groups -OCH3 is 1. The molecule has 0 amide bonds. The number of esters is 2. The Kier molecular flexibility index (Phi) is 7.77. The number of carbonyl (C=O) groups excluding carboxylic acids is 2. The number of carbonyl (C=O) groups is 2. The van der Waals surface area contributed by atoms with Crippen molar-refractivity contribution in [2.75, 3.05) is 20.8 Å². The molecule has 1 fully saturated rings. The molecule has 1 aliphatic carbocycles. The van der Waals surface area contributed by atoms with Crippen LogP contribution >= 0.6 is 0 Å².